The van der Waals surface area contributed by atoms with Crippen LogP contribution in [0.2, 0.25) is 0 Å². The Labute approximate surface area is 172 Å². The molecule has 0 fully saturated rings. The van der Waals surface area contributed by atoms with E-state index in [0.717, 1.165) is 16.6 Å². The van der Waals surface area contributed by atoms with Crippen LogP contribution < -0.4 is 5.32 Å². The lowest BCUT2D eigenvalue weighted by atomic mass is 10.2. The molecule has 9 nitrogen and oxygen atoms in total. The van der Waals surface area contributed by atoms with Gasteiger partial charge in [0.15, 0.2) is 5.69 Å². The van der Waals surface area contributed by atoms with Gasteiger partial charge in [0.2, 0.25) is 0 Å². The van der Waals surface area contributed by atoms with Gasteiger partial charge in [0.05, 0.1) is 29.0 Å². The summed E-state index contributed by atoms with van der Waals surface area (Å²) in [4.78, 5) is 20.9. The van der Waals surface area contributed by atoms with E-state index in [0.29, 0.717) is 23.6 Å². The summed E-state index contributed by atoms with van der Waals surface area (Å²) >= 11 is 0. The van der Waals surface area contributed by atoms with Crippen LogP contribution in [-0.2, 0) is 4.74 Å². The molecule has 0 atom stereocenters. The maximum absolute atomic E-state index is 12.5. The number of benzene rings is 1. The van der Waals surface area contributed by atoms with E-state index >= 15 is 0 Å². The van der Waals surface area contributed by atoms with Gasteiger partial charge in [-0.05, 0) is 43.3 Å². The SMILES string of the molecule is Cc1c(C(=O)OCCNc2ncccc2C#N)nnn1-c1cccc2ncccc12. The second kappa shape index (κ2) is 8.36. The Bertz CT molecular complexity index is 1250. The van der Waals surface area contributed by atoms with Crippen LogP contribution in [0.4, 0.5) is 5.82 Å². The molecule has 0 aliphatic rings. The zero-order valence-corrected chi connectivity index (χ0v) is 16.1. The second-order valence-electron chi connectivity index (χ2n) is 6.36. The van der Waals surface area contributed by atoms with Crippen molar-refractivity contribution >= 4 is 22.7 Å². The van der Waals surface area contributed by atoms with Crippen molar-refractivity contribution in [2.75, 3.05) is 18.5 Å². The van der Waals surface area contributed by atoms with Gasteiger partial charge < -0.3 is 10.1 Å². The van der Waals surface area contributed by atoms with E-state index < -0.39 is 5.97 Å². The van der Waals surface area contributed by atoms with Crippen molar-refractivity contribution in [3.63, 3.8) is 0 Å². The molecule has 30 heavy (non-hydrogen) atoms. The van der Waals surface area contributed by atoms with Gasteiger partial charge in [-0.25, -0.2) is 14.5 Å². The monoisotopic (exact) mass is 399 g/mol. The van der Waals surface area contributed by atoms with E-state index in [9.17, 15) is 4.79 Å². The van der Waals surface area contributed by atoms with Gasteiger partial charge in [0, 0.05) is 17.8 Å². The zero-order valence-electron chi connectivity index (χ0n) is 16.1. The lowest BCUT2D eigenvalue weighted by Crippen LogP contribution is -2.16. The first-order valence-electron chi connectivity index (χ1n) is 9.21. The van der Waals surface area contributed by atoms with Crippen LogP contribution in [0, 0.1) is 18.3 Å². The molecule has 4 rings (SSSR count). The number of aromatic nitrogens is 5. The molecular formula is C21H17N7O2. The minimum Gasteiger partial charge on any atom is -0.459 e. The van der Waals surface area contributed by atoms with E-state index in [1.54, 1.807) is 36.1 Å². The van der Waals surface area contributed by atoms with Crippen molar-refractivity contribution in [2.24, 2.45) is 0 Å². The van der Waals surface area contributed by atoms with Crippen molar-refractivity contribution in [1.29, 1.82) is 5.26 Å². The molecule has 3 heterocycles. The molecule has 0 amide bonds. The summed E-state index contributed by atoms with van der Waals surface area (Å²) in [6, 6.07) is 14.9. The first-order chi connectivity index (χ1) is 14.7. The normalized spacial score (nSPS) is 10.5. The Balaban J connectivity index is 1.45. The molecule has 0 saturated carbocycles. The Morgan fingerprint density at radius 2 is 2.00 bits per heavy atom. The highest BCUT2D eigenvalue weighted by Gasteiger charge is 2.19. The fraction of sp³-hybridized carbons (Fsp3) is 0.143. The molecular weight excluding hydrogens is 382 g/mol. The molecule has 0 spiro atoms. The topological polar surface area (TPSA) is 119 Å². The summed E-state index contributed by atoms with van der Waals surface area (Å²) < 4.78 is 6.90. The number of carbonyl (C=O) groups excluding carboxylic acids is 1. The molecule has 1 aromatic carbocycles. The van der Waals surface area contributed by atoms with Crippen LogP contribution in [0.3, 0.4) is 0 Å². The summed E-state index contributed by atoms with van der Waals surface area (Å²) in [6.07, 6.45) is 3.31. The zero-order chi connectivity index (χ0) is 20.9. The minimum absolute atomic E-state index is 0.0881. The number of hydrogen-bond acceptors (Lipinski definition) is 8. The van der Waals surface area contributed by atoms with Crippen LogP contribution in [0.1, 0.15) is 21.7 Å². The average Bonchev–Trinajstić information content (AvgIpc) is 3.17. The number of anilines is 1. The molecule has 9 heteroatoms. The minimum atomic E-state index is -0.569. The van der Waals surface area contributed by atoms with E-state index in [-0.39, 0.29) is 12.3 Å². The number of hydrogen-bond donors (Lipinski definition) is 1. The number of rotatable bonds is 6. The number of nitrogens with one attached hydrogen (secondary N) is 1. The molecule has 0 saturated heterocycles. The van der Waals surface area contributed by atoms with E-state index in [1.807, 2.05) is 30.3 Å². The first kappa shape index (κ1) is 19.0. The number of nitrogens with zero attached hydrogens (tertiary/aromatic N) is 6. The number of fused-ring (bicyclic) bond motifs is 1. The Morgan fingerprint density at radius 3 is 2.87 bits per heavy atom. The maximum Gasteiger partial charge on any atom is 0.360 e. The number of pyridine rings is 2. The van der Waals surface area contributed by atoms with Gasteiger partial charge in [0.25, 0.3) is 0 Å². The quantitative estimate of drug-likeness (QED) is 0.388. The van der Waals surface area contributed by atoms with Crippen LogP contribution >= 0.6 is 0 Å². The predicted molar refractivity (Wildman–Crippen MR) is 109 cm³/mol. The average molecular weight is 399 g/mol. The number of carbonyl (C=O) groups is 1. The molecule has 148 valence electrons. The lowest BCUT2D eigenvalue weighted by Gasteiger charge is -2.08. The van der Waals surface area contributed by atoms with Crippen molar-refractivity contribution in [1.82, 2.24) is 25.0 Å². The standard InChI is InChI=1S/C21H17N7O2/c1-14-19(21(29)30-12-11-25-20-15(13-22)5-3-10-24-20)26-27-28(14)18-8-2-7-17-16(18)6-4-9-23-17/h2-10H,11-12H2,1H3,(H,24,25). The molecule has 0 unspecified atom stereocenters. The van der Waals surface area contributed by atoms with Gasteiger partial charge in [-0.3, -0.25) is 4.98 Å². The highest BCUT2D eigenvalue weighted by Crippen LogP contribution is 2.22. The highest BCUT2D eigenvalue weighted by atomic mass is 16.5. The van der Waals surface area contributed by atoms with Crippen molar-refractivity contribution in [3.05, 3.63) is 71.8 Å². The molecule has 1 N–H and O–H groups in total. The van der Waals surface area contributed by atoms with Crippen molar-refractivity contribution in [3.8, 4) is 11.8 Å². The number of ether oxygens (including phenoxy) is 1. The lowest BCUT2D eigenvalue weighted by molar-refractivity contribution is 0.0512. The van der Waals surface area contributed by atoms with E-state index in [4.69, 9.17) is 10.00 Å². The summed E-state index contributed by atoms with van der Waals surface area (Å²) in [5.74, 6) is -0.122. The molecule has 0 radical (unpaired) electrons. The molecule has 0 aliphatic heterocycles. The summed E-state index contributed by atoms with van der Waals surface area (Å²) in [5, 5.41) is 21.1. The van der Waals surface area contributed by atoms with Gasteiger partial charge >= 0.3 is 5.97 Å². The van der Waals surface area contributed by atoms with Crippen LogP contribution in [0.5, 0.6) is 0 Å². The van der Waals surface area contributed by atoms with Crippen LogP contribution in [0.15, 0.2) is 54.9 Å². The Morgan fingerprint density at radius 1 is 1.17 bits per heavy atom. The molecule has 3 aromatic heterocycles. The first-order valence-corrected chi connectivity index (χ1v) is 9.21. The number of esters is 1. The molecule has 4 aromatic rings. The van der Waals surface area contributed by atoms with Crippen LogP contribution in [-0.4, -0.2) is 44.1 Å². The van der Waals surface area contributed by atoms with E-state index in [2.05, 4.69) is 31.7 Å². The molecule has 0 bridgehead atoms. The van der Waals surface area contributed by atoms with Gasteiger partial charge in [0.1, 0.15) is 18.5 Å². The molecule has 0 aliphatic carbocycles. The highest BCUT2D eigenvalue weighted by molar-refractivity contribution is 5.90. The predicted octanol–water partition coefficient (Wildman–Crippen LogP) is 2.66. The summed E-state index contributed by atoms with van der Waals surface area (Å²) in [5.41, 5.74) is 2.75. The van der Waals surface area contributed by atoms with E-state index in [1.165, 1.54) is 0 Å². The summed E-state index contributed by atoms with van der Waals surface area (Å²) in [6.45, 7) is 2.15. The van der Waals surface area contributed by atoms with Crippen molar-refractivity contribution < 1.29 is 9.53 Å². The van der Waals surface area contributed by atoms with Crippen molar-refractivity contribution in [2.45, 2.75) is 6.92 Å². The number of nitriles is 1. The third kappa shape index (κ3) is 3.66. The Hall–Kier alpha value is -4.32. The van der Waals surface area contributed by atoms with Gasteiger partial charge in [-0.2, -0.15) is 5.26 Å². The van der Waals surface area contributed by atoms with Gasteiger partial charge in [-0.15, -0.1) is 5.10 Å². The third-order valence-electron chi connectivity index (χ3n) is 4.49. The fourth-order valence-corrected chi connectivity index (χ4v) is 3.04. The third-order valence-corrected chi connectivity index (χ3v) is 4.49. The van der Waals surface area contributed by atoms with Gasteiger partial charge in [-0.1, -0.05) is 11.3 Å². The Kier molecular flexibility index (Phi) is 5.30. The summed E-state index contributed by atoms with van der Waals surface area (Å²) in [7, 11) is 0. The largest absolute Gasteiger partial charge is 0.459 e. The van der Waals surface area contributed by atoms with Crippen LogP contribution in [0.25, 0.3) is 16.6 Å². The fourth-order valence-electron chi connectivity index (χ4n) is 3.04. The second-order valence-corrected chi connectivity index (χ2v) is 6.36. The maximum atomic E-state index is 12.5. The smallest absolute Gasteiger partial charge is 0.360 e.